The quantitative estimate of drug-likeness (QED) is 0.473. The van der Waals surface area contributed by atoms with E-state index in [1.165, 1.54) is 0 Å². The average molecular weight is 524 g/mol. The van der Waals surface area contributed by atoms with Crippen molar-refractivity contribution < 1.29 is 23.1 Å². The van der Waals surface area contributed by atoms with Gasteiger partial charge in [-0.2, -0.15) is 4.72 Å². The van der Waals surface area contributed by atoms with Gasteiger partial charge >= 0.3 is 0 Å². The van der Waals surface area contributed by atoms with Crippen molar-refractivity contribution in [2.45, 2.75) is 29.6 Å². The smallest absolute Gasteiger partial charge is 0.290 e. The van der Waals surface area contributed by atoms with Gasteiger partial charge in [-0.05, 0) is 68.7 Å². The van der Waals surface area contributed by atoms with E-state index in [4.69, 9.17) is 21.5 Å². The molecule has 0 saturated carbocycles. The van der Waals surface area contributed by atoms with Crippen molar-refractivity contribution in [3.63, 3.8) is 0 Å². The summed E-state index contributed by atoms with van der Waals surface area (Å²) in [7, 11) is 0.225. The number of benzene rings is 2. The maximum absolute atomic E-state index is 12.9. The molecule has 34 heavy (non-hydrogen) atoms. The molecule has 0 unspecified atom stereocenters. The summed E-state index contributed by atoms with van der Waals surface area (Å²) in [6.45, 7) is 2.33. The molecule has 0 radical (unpaired) electrons. The van der Waals surface area contributed by atoms with Gasteiger partial charge in [0.1, 0.15) is 10.3 Å². The molecule has 0 bridgehead atoms. The van der Waals surface area contributed by atoms with E-state index in [-0.39, 0.29) is 22.6 Å². The number of rotatable bonds is 6. The van der Waals surface area contributed by atoms with Gasteiger partial charge in [0.15, 0.2) is 0 Å². The van der Waals surface area contributed by atoms with E-state index < -0.39 is 16.1 Å². The van der Waals surface area contributed by atoms with Crippen LogP contribution in [0.2, 0.25) is 5.02 Å². The van der Waals surface area contributed by atoms with Gasteiger partial charge in [0, 0.05) is 28.0 Å². The normalized spacial score (nSPS) is 17.0. The third kappa shape index (κ3) is 5.76. The Hall–Kier alpha value is -2.50. The second kappa shape index (κ2) is 10.8. The van der Waals surface area contributed by atoms with Crippen LogP contribution in [0.3, 0.4) is 0 Å². The third-order valence-corrected chi connectivity index (χ3v) is 8.97. The summed E-state index contributed by atoms with van der Waals surface area (Å²) in [5.41, 5.74) is 1.93. The monoisotopic (exact) mass is 523 g/mol. The Balaban J connectivity index is 0.00000103. The molecular formula is C23H26ClN3O5S2. The minimum Gasteiger partial charge on any atom is -0.483 e. The first kappa shape index (κ1) is 26.1. The second-order valence-corrected chi connectivity index (χ2v) is 11.5. The molecule has 2 atom stereocenters. The van der Waals surface area contributed by atoms with Crippen LogP contribution in [0.1, 0.15) is 24.9 Å². The molecule has 182 valence electrons. The molecule has 11 heteroatoms. The number of anilines is 1. The highest BCUT2D eigenvalue weighted by Gasteiger charge is 2.36. The molecule has 0 spiro atoms. The summed E-state index contributed by atoms with van der Waals surface area (Å²) in [4.78, 5) is 25.1. The Kier molecular flexibility index (Phi) is 8.32. The van der Waals surface area contributed by atoms with Gasteiger partial charge in [-0.3, -0.25) is 9.59 Å². The highest BCUT2D eigenvalue weighted by molar-refractivity contribution is 7.91. The number of carbonyl (C=O) groups is 2. The summed E-state index contributed by atoms with van der Waals surface area (Å²) in [5.74, 6) is -0.235. The van der Waals surface area contributed by atoms with Gasteiger partial charge in [-0.25, -0.2) is 8.42 Å². The maximum Gasteiger partial charge on any atom is 0.290 e. The van der Waals surface area contributed by atoms with Crippen molar-refractivity contribution in [3.8, 4) is 0 Å². The molecule has 0 aliphatic carbocycles. The first-order chi connectivity index (χ1) is 16.1. The molecule has 2 N–H and O–H groups in total. The summed E-state index contributed by atoms with van der Waals surface area (Å²) in [6, 6.07) is 14.2. The minimum absolute atomic E-state index is 0.179. The molecule has 1 aromatic heterocycles. The van der Waals surface area contributed by atoms with Crippen LogP contribution in [0, 0.1) is 0 Å². The van der Waals surface area contributed by atoms with E-state index in [1.807, 2.05) is 38.4 Å². The van der Waals surface area contributed by atoms with Crippen LogP contribution in [0.15, 0.2) is 52.7 Å². The maximum atomic E-state index is 12.9. The van der Waals surface area contributed by atoms with Crippen molar-refractivity contribution in [1.29, 1.82) is 0 Å². The highest BCUT2D eigenvalue weighted by Crippen LogP contribution is 2.32. The molecular weight excluding hydrogens is 498 g/mol. The predicted octanol–water partition coefficient (Wildman–Crippen LogP) is 3.96. The van der Waals surface area contributed by atoms with Crippen LogP contribution in [-0.4, -0.2) is 57.5 Å². The van der Waals surface area contributed by atoms with Crippen molar-refractivity contribution in [2.75, 3.05) is 25.5 Å². The molecule has 2 aromatic carbocycles. The summed E-state index contributed by atoms with van der Waals surface area (Å²) in [5, 5.41) is 8.25. The fourth-order valence-corrected chi connectivity index (χ4v) is 6.55. The van der Waals surface area contributed by atoms with Crippen LogP contribution in [0.25, 0.3) is 10.1 Å². The largest absolute Gasteiger partial charge is 0.483 e. The Morgan fingerprint density at radius 2 is 1.85 bits per heavy atom. The fraction of sp³-hybridized carbons (Fsp3) is 0.304. The second-order valence-electron chi connectivity index (χ2n) is 8.04. The minimum atomic E-state index is -3.81. The van der Waals surface area contributed by atoms with E-state index in [9.17, 15) is 13.2 Å². The number of sulfonamides is 1. The number of thiophene rings is 1. The van der Waals surface area contributed by atoms with E-state index in [0.717, 1.165) is 32.7 Å². The average Bonchev–Trinajstić information content (AvgIpc) is 3.37. The molecule has 1 aliphatic heterocycles. The standard InChI is InChI=1S/C22H24ClN3O3S2.CH2O2/c1-14(25(2)3)15-5-8-18(9-6-15)26-11-10-19(22(26)27)24-31(28,29)21-12-16-4-7-17(23)13-20(16)30-21;2-1-3/h4-9,12-14,19,24H,10-11H2,1-3H3;1H,(H,2,3)/t14-,19-;/m0./s1. The molecule has 4 rings (SSSR count). The first-order valence-corrected chi connectivity index (χ1v) is 13.1. The Labute approximate surface area is 207 Å². The van der Waals surface area contributed by atoms with Gasteiger partial charge in [-0.15, -0.1) is 11.3 Å². The van der Waals surface area contributed by atoms with Gasteiger partial charge < -0.3 is 14.9 Å². The third-order valence-electron chi connectivity index (χ3n) is 5.69. The lowest BCUT2D eigenvalue weighted by Crippen LogP contribution is -2.41. The van der Waals surface area contributed by atoms with Gasteiger partial charge in [-0.1, -0.05) is 29.8 Å². The van der Waals surface area contributed by atoms with Crippen LogP contribution < -0.4 is 9.62 Å². The first-order valence-electron chi connectivity index (χ1n) is 10.4. The molecule has 1 fully saturated rings. The lowest BCUT2D eigenvalue weighted by atomic mass is 10.1. The van der Waals surface area contributed by atoms with Crippen LogP contribution in [0.5, 0.6) is 0 Å². The summed E-state index contributed by atoms with van der Waals surface area (Å²) >= 11 is 7.15. The Bertz CT molecular complexity index is 1280. The Morgan fingerprint density at radius 1 is 1.21 bits per heavy atom. The lowest BCUT2D eigenvalue weighted by Gasteiger charge is -2.22. The number of halogens is 1. The van der Waals surface area contributed by atoms with Crippen LogP contribution >= 0.6 is 22.9 Å². The molecule has 1 aliphatic rings. The van der Waals surface area contributed by atoms with E-state index >= 15 is 0 Å². The van der Waals surface area contributed by atoms with Crippen LogP contribution in [-0.2, 0) is 19.6 Å². The zero-order valence-electron chi connectivity index (χ0n) is 18.9. The van der Waals surface area contributed by atoms with Crippen molar-refractivity contribution in [1.82, 2.24) is 9.62 Å². The summed E-state index contributed by atoms with van der Waals surface area (Å²) in [6.07, 6.45) is 0.421. The SMILES string of the molecule is C[C@@H](c1ccc(N2CC[C@H](NS(=O)(=O)c3cc4ccc(Cl)cc4s3)C2=O)cc1)N(C)C.O=CO. The topological polar surface area (TPSA) is 107 Å². The number of carboxylic acid groups (broad SMARTS) is 1. The molecule has 8 nitrogen and oxygen atoms in total. The molecule has 1 saturated heterocycles. The predicted molar refractivity (Wildman–Crippen MR) is 135 cm³/mol. The van der Waals surface area contributed by atoms with Gasteiger partial charge in [0.25, 0.3) is 16.5 Å². The fourth-order valence-electron chi connectivity index (χ4n) is 3.64. The van der Waals surface area contributed by atoms with E-state index in [1.54, 1.807) is 29.2 Å². The number of hydrogen-bond donors (Lipinski definition) is 2. The number of fused-ring (bicyclic) bond motifs is 1. The number of amides is 1. The number of hydrogen-bond acceptors (Lipinski definition) is 6. The van der Waals surface area contributed by atoms with Gasteiger partial charge in [0.05, 0.1) is 0 Å². The Morgan fingerprint density at radius 3 is 2.47 bits per heavy atom. The summed E-state index contributed by atoms with van der Waals surface area (Å²) < 4.78 is 29.4. The zero-order valence-corrected chi connectivity index (χ0v) is 21.3. The van der Waals surface area contributed by atoms with Crippen LogP contribution in [0.4, 0.5) is 5.69 Å². The van der Waals surface area contributed by atoms with Gasteiger partial charge in [0.2, 0.25) is 5.91 Å². The zero-order chi connectivity index (χ0) is 25.0. The van der Waals surface area contributed by atoms with Crippen molar-refractivity contribution >= 4 is 61.1 Å². The lowest BCUT2D eigenvalue weighted by molar-refractivity contribution is -0.123. The van der Waals surface area contributed by atoms with Crippen molar-refractivity contribution in [3.05, 3.63) is 59.1 Å². The highest BCUT2D eigenvalue weighted by atomic mass is 35.5. The molecule has 3 aromatic rings. The van der Waals surface area contributed by atoms with E-state index in [2.05, 4.69) is 16.5 Å². The van der Waals surface area contributed by atoms with E-state index in [0.29, 0.717) is 18.0 Å². The molecule has 1 amide bonds. The number of nitrogens with zero attached hydrogens (tertiary/aromatic N) is 2. The number of carbonyl (C=O) groups excluding carboxylic acids is 1. The molecule has 2 heterocycles. The van der Waals surface area contributed by atoms with Crippen molar-refractivity contribution in [2.24, 2.45) is 0 Å². The number of nitrogens with one attached hydrogen (secondary N) is 1.